The van der Waals surface area contributed by atoms with E-state index in [0.717, 1.165) is 24.9 Å². The normalized spacial score (nSPS) is 20.8. The van der Waals surface area contributed by atoms with Gasteiger partial charge >= 0.3 is 0 Å². The van der Waals surface area contributed by atoms with Gasteiger partial charge in [-0.2, -0.15) is 0 Å². The van der Waals surface area contributed by atoms with Gasteiger partial charge in [-0.05, 0) is 25.0 Å². The fourth-order valence-electron chi connectivity index (χ4n) is 3.57. The van der Waals surface area contributed by atoms with Gasteiger partial charge in [0, 0.05) is 23.2 Å². The summed E-state index contributed by atoms with van der Waals surface area (Å²) in [4.78, 5) is 27.4. The minimum absolute atomic E-state index is 0.0441. The first-order chi connectivity index (χ1) is 11.8. The number of benzene rings is 2. The van der Waals surface area contributed by atoms with E-state index >= 15 is 0 Å². The van der Waals surface area contributed by atoms with E-state index in [1.807, 2.05) is 47.4 Å². The van der Waals surface area contributed by atoms with E-state index in [2.05, 4.69) is 11.8 Å². The molecule has 1 aliphatic carbocycles. The maximum absolute atomic E-state index is 12.7. The highest BCUT2D eigenvalue weighted by Crippen LogP contribution is 2.30. The van der Waals surface area contributed by atoms with E-state index in [1.54, 1.807) is 12.1 Å². The Balaban J connectivity index is 1.62. The zero-order chi connectivity index (χ0) is 16.5. The number of nitrogens with zero attached hydrogens (tertiary/aromatic N) is 1. The molecule has 4 rings (SSSR count). The van der Waals surface area contributed by atoms with Crippen molar-refractivity contribution in [3.63, 3.8) is 0 Å². The molecular weight excluding hydrogens is 298 g/mol. The summed E-state index contributed by atoms with van der Waals surface area (Å²) in [5.74, 6) is 6.28. The second kappa shape index (κ2) is 6.07. The summed E-state index contributed by atoms with van der Waals surface area (Å²) < 4.78 is 0. The van der Waals surface area contributed by atoms with E-state index in [4.69, 9.17) is 0 Å². The Labute approximate surface area is 141 Å². The van der Waals surface area contributed by atoms with Crippen molar-refractivity contribution in [1.82, 2.24) is 4.90 Å². The summed E-state index contributed by atoms with van der Waals surface area (Å²) in [5.41, 5.74) is 2.06. The van der Waals surface area contributed by atoms with Gasteiger partial charge in [-0.25, -0.2) is 0 Å². The number of fused-ring (bicyclic) bond motifs is 1. The standard InChI is InChI=1S/C21H17NO2/c23-20-17-10-4-5-11-18(17)21(24)19(20)22-14-6-9-16(22)13-12-15-7-2-1-3-8-15/h1-5,7-8,10-11,16,19H,6,9,14H2. The number of hydrogen-bond acceptors (Lipinski definition) is 3. The van der Waals surface area contributed by atoms with Gasteiger partial charge in [0.2, 0.25) is 0 Å². The quantitative estimate of drug-likeness (QED) is 0.600. The molecule has 1 fully saturated rings. The van der Waals surface area contributed by atoms with Gasteiger partial charge in [-0.3, -0.25) is 14.5 Å². The Morgan fingerprint density at radius 1 is 0.875 bits per heavy atom. The van der Waals surface area contributed by atoms with Crippen LogP contribution in [0.5, 0.6) is 0 Å². The molecule has 0 amide bonds. The number of carbonyl (C=O) groups is 2. The maximum Gasteiger partial charge on any atom is 0.188 e. The SMILES string of the molecule is O=C1c2ccccc2C(=O)C1N1CCCC1C#Cc1ccccc1. The summed E-state index contributed by atoms with van der Waals surface area (Å²) in [5, 5.41) is 0. The molecule has 2 aliphatic rings. The van der Waals surface area contributed by atoms with Crippen LogP contribution in [0.4, 0.5) is 0 Å². The minimum atomic E-state index is -0.694. The third-order valence-electron chi connectivity index (χ3n) is 4.74. The monoisotopic (exact) mass is 315 g/mol. The van der Waals surface area contributed by atoms with Crippen LogP contribution >= 0.6 is 0 Å². The van der Waals surface area contributed by atoms with E-state index in [-0.39, 0.29) is 17.6 Å². The van der Waals surface area contributed by atoms with Crippen LogP contribution in [0.2, 0.25) is 0 Å². The lowest BCUT2D eigenvalue weighted by Crippen LogP contribution is -2.45. The Morgan fingerprint density at radius 3 is 2.17 bits per heavy atom. The number of Topliss-reactive ketones (excluding diaryl/α,β-unsaturated/α-hetero) is 2. The Morgan fingerprint density at radius 2 is 1.50 bits per heavy atom. The van der Waals surface area contributed by atoms with Gasteiger partial charge in [0.05, 0.1) is 6.04 Å². The van der Waals surface area contributed by atoms with Gasteiger partial charge in [-0.15, -0.1) is 0 Å². The summed E-state index contributed by atoms with van der Waals surface area (Å²) >= 11 is 0. The van der Waals surface area contributed by atoms with Gasteiger partial charge < -0.3 is 0 Å². The van der Waals surface area contributed by atoms with Crippen LogP contribution in [-0.4, -0.2) is 35.1 Å². The van der Waals surface area contributed by atoms with Crippen LogP contribution in [0, 0.1) is 11.8 Å². The molecule has 2 aromatic rings. The molecule has 1 atom stereocenters. The van der Waals surface area contributed by atoms with Crippen molar-refractivity contribution in [3.8, 4) is 11.8 Å². The second-order valence-corrected chi connectivity index (χ2v) is 6.21. The number of ketones is 2. The molecule has 0 N–H and O–H groups in total. The summed E-state index contributed by atoms with van der Waals surface area (Å²) in [6.45, 7) is 0.740. The molecule has 0 radical (unpaired) electrons. The minimum Gasteiger partial charge on any atom is -0.292 e. The van der Waals surface area contributed by atoms with Crippen LogP contribution in [0.3, 0.4) is 0 Å². The summed E-state index contributed by atoms with van der Waals surface area (Å²) in [6, 6.07) is 16.2. The van der Waals surface area contributed by atoms with Crippen molar-refractivity contribution in [2.75, 3.05) is 6.54 Å². The number of rotatable bonds is 1. The molecule has 0 saturated carbocycles. The second-order valence-electron chi connectivity index (χ2n) is 6.21. The lowest BCUT2D eigenvalue weighted by atomic mass is 10.1. The third kappa shape index (κ3) is 2.46. The molecule has 3 heteroatoms. The largest absolute Gasteiger partial charge is 0.292 e. The highest BCUT2D eigenvalue weighted by Gasteiger charge is 2.45. The van der Waals surface area contributed by atoms with Crippen molar-refractivity contribution in [2.45, 2.75) is 24.9 Å². The van der Waals surface area contributed by atoms with Crippen LogP contribution in [0.15, 0.2) is 54.6 Å². The number of carbonyl (C=O) groups excluding carboxylic acids is 2. The van der Waals surface area contributed by atoms with Crippen LogP contribution in [0.25, 0.3) is 0 Å². The van der Waals surface area contributed by atoms with Crippen molar-refractivity contribution >= 4 is 11.6 Å². The third-order valence-corrected chi connectivity index (χ3v) is 4.74. The molecule has 0 aromatic heterocycles. The summed E-state index contributed by atoms with van der Waals surface area (Å²) in [6.07, 6.45) is 1.86. The van der Waals surface area contributed by atoms with Gasteiger partial charge in [0.1, 0.15) is 6.04 Å². The van der Waals surface area contributed by atoms with E-state index < -0.39 is 6.04 Å². The highest BCUT2D eigenvalue weighted by molar-refractivity contribution is 6.29. The fourth-order valence-corrected chi connectivity index (χ4v) is 3.57. The van der Waals surface area contributed by atoms with Crippen molar-refractivity contribution in [2.24, 2.45) is 0 Å². The van der Waals surface area contributed by atoms with E-state index in [1.165, 1.54) is 0 Å². The molecular formula is C21H17NO2. The van der Waals surface area contributed by atoms with Gasteiger partial charge in [0.25, 0.3) is 0 Å². The molecule has 0 spiro atoms. The molecule has 1 unspecified atom stereocenters. The van der Waals surface area contributed by atoms with Crippen molar-refractivity contribution in [3.05, 3.63) is 71.3 Å². The van der Waals surface area contributed by atoms with Gasteiger partial charge in [-0.1, -0.05) is 54.3 Å². The summed E-state index contributed by atoms with van der Waals surface area (Å²) in [7, 11) is 0. The maximum atomic E-state index is 12.7. The first-order valence-corrected chi connectivity index (χ1v) is 8.25. The molecule has 0 bridgehead atoms. The number of likely N-dealkylation sites (tertiary alicyclic amines) is 1. The number of hydrogen-bond donors (Lipinski definition) is 0. The predicted molar refractivity (Wildman–Crippen MR) is 91.9 cm³/mol. The first kappa shape index (κ1) is 14.9. The zero-order valence-electron chi connectivity index (χ0n) is 13.2. The van der Waals surface area contributed by atoms with E-state index in [9.17, 15) is 9.59 Å². The van der Waals surface area contributed by atoms with Crippen molar-refractivity contribution in [1.29, 1.82) is 0 Å². The van der Waals surface area contributed by atoms with E-state index in [0.29, 0.717) is 11.1 Å². The van der Waals surface area contributed by atoms with Gasteiger partial charge in [0.15, 0.2) is 11.6 Å². The predicted octanol–water partition coefficient (Wildman–Crippen LogP) is 2.95. The molecule has 2 aromatic carbocycles. The average Bonchev–Trinajstić information content (AvgIpc) is 3.17. The first-order valence-electron chi connectivity index (χ1n) is 8.25. The van der Waals surface area contributed by atoms with Crippen LogP contribution in [-0.2, 0) is 0 Å². The Bertz CT molecular complexity index is 825. The average molecular weight is 315 g/mol. The molecule has 24 heavy (non-hydrogen) atoms. The molecule has 3 nitrogen and oxygen atoms in total. The van der Waals surface area contributed by atoms with Crippen LogP contribution in [0.1, 0.15) is 39.1 Å². The molecule has 1 heterocycles. The smallest absolute Gasteiger partial charge is 0.188 e. The topological polar surface area (TPSA) is 37.4 Å². The molecule has 118 valence electrons. The zero-order valence-corrected chi connectivity index (χ0v) is 13.2. The Kier molecular flexibility index (Phi) is 3.76. The fraction of sp³-hybridized carbons (Fsp3) is 0.238. The molecule has 1 aliphatic heterocycles. The van der Waals surface area contributed by atoms with Crippen molar-refractivity contribution < 1.29 is 9.59 Å². The lowest BCUT2D eigenvalue weighted by Gasteiger charge is -2.24. The Hall–Kier alpha value is -2.70. The molecule has 1 saturated heterocycles. The highest BCUT2D eigenvalue weighted by atomic mass is 16.2. The van der Waals surface area contributed by atoms with Crippen LogP contribution < -0.4 is 0 Å². The lowest BCUT2D eigenvalue weighted by molar-refractivity contribution is 0.0738.